The highest BCUT2D eigenvalue weighted by Crippen LogP contribution is 2.38. The van der Waals surface area contributed by atoms with E-state index in [4.69, 9.17) is 18.9 Å². The van der Waals surface area contributed by atoms with E-state index in [0.29, 0.717) is 81.4 Å². The van der Waals surface area contributed by atoms with Gasteiger partial charge in [0.2, 0.25) is 5.91 Å². The van der Waals surface area contributed by atoms with Gasteiger partial charge in [0.1, 0.15) is 24.0 Å². The van der Waals surface area contributed by atoms with Crippen molar-refractivity contribution in [2.45, 2.75) is 193 Å². The van der Waals surface area contributed by atoms with Gasteiger partial charge in [-0.15, -0.1) is 0 Å². The third-order valence-electron chi connectivity index (χ3n) is 16.8. The van der Waals surface area contributed by atoms with Gasteiger partial charge in [-0.05, 0) is 82.9 Å². The summed E-state index contributed by atoms with van der Waals surface area (Å²) in [5, 5.41) is 35.3. The van der Waals surface area contributed by atoms with Gasteiger partial charge in [-0.3, -0.25) is 38.6 Å². The predicted molar refractivity (Wildman–Crippen MR) is 302 cm³/mol. The summed E-state index contributed by atoms with van der Waals surface area (Å²) in [6.07, 6.45) is 11.0. The molecule has 2 fully saturated rings. The normalized spacial score (nSPS) is 27.3. The van der Waals surface area contributed by atoms with Gasteiger partial charge in [0, 0.05) is 74.8 Å². The number of amides is 4. The molecule has 4 N–H and O–H groups in total. The monoisotopic (exact) mass is 1120 g/mol. The number of ketones is 2. The van der Waals surface area contributed by atoms with Crippen LogP contribution < -0.4 is 5.32 Å². The van der Waals surface area contributed by atoms with E-state index in [0.717, 1.165) is 11.1 Å². The molecule has 18 heteroatoms. The van der Waals surface area contributed by atoms with Gasteiger partial charge in [-0.2, -0.15) is 0 Å². The number of epoxide rings is 1. The van der Waals surface area contributed by atoms with E-state index in [1.54, 1.807) is 43.1 Å². The first kappa shape index (κ1) is 65.4. The molecule has 1 aromatic rings. The number of carbonyl (C=O) groups excluding carboxylic acids is 7. The van der Waals surface area contributed by atoms with Crippen molar-refractivity contribution >= 4 is 41.4 Å². The van der Waals surface area contributed by atoms with Crippen LogP contribution in [0.15, 0.2) is 72.4 Å². The number of esters is 1. The molecule has 4 aliphatic heterocycles. The first-order valence-electron chi connectivity index (χ1n) is 28.9. The van der Waals surface area contributed by atoms with Gasteiger partial charge in [0.15, 0.2) is 11.9 Å². The first-order valence-corrected chi connectivity index (χ1v) is 28.9. The minimum Gasteiger partial charge on any atom is -0.457 e. The van der Waals surface area contributed by atoms with Gasteiger partial charge in [0.25, 0.3) is 11.8 Å². The lowest BCUT2D eigenvalue weighted by Crippen LogP contribution is -2.58. The quantitative estimate of drug-likeness (QED) is 0.0144. The molecular formula is C62H93N4O14+. The van der Waals surface area contributed by atoms with Gasteiger partial charge < -0.3 is 44.1 Å². The number of nitrogens with one attached hydrogen (secondary N) is 1. The highest BCUT2D eigenvalue weighted by atomic mass is 16.6. The number of nitrogens with zero attached hydrogens (tertiary/aromatic N) is 3. The van der Waals surface area contributed by atoms with E-state index >= 15 is 0 Å². The van der Waals surface area contributed by atoms with Gasteiger partial charge >= 0.3 is 12.1 Å². The van der Waals surface area contributed by atoms with Crippen molar-refractivity contribution in [3.05, 3.63) is 83.5 Å². The number of benzene rings is 1. The maximum absolute atomic E-state index is 14.0. The fourth-order valence-corrected chi connectivity index (χ4v) is 10.8. The lowest BCUT2D eigenvalue weighted by atomic mass is 9.88. The molecule has 4 amide bonds. The van der Waals surface area contributed by atoms with Crippen LogP contribution in [0.1, 0.15) is 138 Å². The minimum atomic E-state index is -1.19. The maximum atomic E-state index is 14.0. The van der Waals surface area contributed by atoms with Crippen LogP contribution in [0.2, 0.25) is 0 Å². The SMILES string of the molecule is CC[C@H](O)[C@@H](C)[C@H]1O[C@@H]1C[C@@](C)(O)/C=C/C=C(\C)[C@H]1OC(=O)C[C@H](O)CC[C@@](C)(OC)[C@@H](OC(=O)N2CC[N+](C)(Cc3ccc(CC(=O)[C@H](C)NC(=O)[C@@H](CC(=O)CCCCCN4C(=O)C=CC4=O)C(C)C)cc3)CC2)/C=C/[C@@H]1C. The lowest BCUT2D eigenvalue weighted by Gasteiger charge is -2.42. The number of piperazine rings is 1. The van der Waals surface area contributed by atoms with E-state index in [9.17, 15) is 48.9 Å². The number of likely N-dealkylation sites (N-methyl/N-ethyl adjacent to an activating group) is 1. The van der Waals surface area contributed by atoms with Crippen molar-refractivity contribution in [1.29, 1.82) is 0 Å². The van der Waals surface area contributed by atoms with E-state index in [2.05, 4.69) is 12.4 Å². The van der Waals surface area contributed by atoms with E-state index in [1.165, 1.54) is 24.2 Å². The van der Waals surface area contributed by atoms with Crippen LogP contribution in [-0.2, 0) is 60.7 Å². The number of cyclic esters (lactones) is 1. The summed E-state index contributed by atoms with van der Waals surface area (Å²) in [5.41, 5.74) is 0.331. The van der Waals surface area contributed by atoms with Crippen LogP contribution in [0, 0.1) is 23.7 Å². The summed E-state index contributed by atoms with van der Waals surface area (Å²) in [4.78, 5) is 93.3. The number of hydrogen-bond donors (Lipinski definition) is 4. The number of aliphatic hydroxyl groups is 3. The number of unbranched alkanes of at least 4 members (excludes halogenated alkanes) is 2. The molecule has 2 saturated heterocycles. The molecule has 18 nitrogen and oxygen atoms in total. The Morgan fingerprint density at radius 3 is 2.26 bits per heavy atom. The number of aliphatic hydroxyl groups excluding tert-OH is 2. The smallest absolute Gasteiger partial charge is 0.410 e. The molecule has 444 valence electrons. The number of imide groups is 1. The van der Waals surface area contributed by atoms with Crippen molar-refractivity contribution < 1.29 is 72.3 Å². The largest absolute Gasteiger partial charge is 0.457 e. The zero-order chi connectivity index (χ0) is 59.1. The lowest BCUT2D eigenvalue weighted by molar-refractivity contribution is -0.926. The highest BCUT2D eigenvalue weighted by molar-refractivity contribution is 6.12. The zero-order valence-corrected chi connectivity index (χ0v) is 49.4. The topological polar surface area (TPSA) is 239 Å². The maximum Gasteiger partial charge on any atom is 0.410 e. The van der Waals surface area contributed by atoms with Crippen LogP contribution in [0.4, 0.5) is 4.79 Å². The average molecular weight is 1120 g/mol. The molecule has 12 atom stereocenters. The zero-order valence-electron chi connectivity index (χ0n) is 49.4. The molecule has 0 spiro atoms. The first-order chi connectivity index (χ1) is 37.7. The molecule has 0 aliphatic carbocycles. The number of hydrogen-bond acceptors (Lipinski definition) is 14. The number of allylic oxidation sites excluding steroid dienone is 2. The molecule has 4 aliphatic rings. The number of rotatable bonds is 26. The molecule has 4 heterocycles. The molecule has 0 radical (unpaired) electrons. The van der Waals surface area contributed by atoms with E-state index in [1.807, 2.05) is 78.8 Å². The summed E-state index contributed by atoms with van der Waals surface area (Å²) < 4.78 is 24.8. The van der Waals surface area contributed by atoms with Crippen molar-refractivity contribution in [2.75, 3.05) is 46.9 Å². The number of Topliss-reactive ketones (excluding diaryl/α,β-unsaturated/α-hetero) is 2. The second kappa shape index (κ2) is 29.6. The summed E-state index contributed by atoms with van der Waals surface area (Å²) in [5.74, 6) is -2.87. The number of ether oxygens (including phenoxy) is 4. The van der Waals surface area contributed by atoms with Crippen molar-refractivity contribution in [1.82, 2.24) is 15.1 Å². The third-order valence-corrected chi connectivity index (χ3v) is 16.8. The van der Waals surface area contributed by atoms with Crippen molar-refractivity contribution in [3.63, 3.8) is 0 Å². The van der Waals surface area contributed by atoms with Crippen molar-refractivity contribution in [3.8, 4) is 0 Å². The molecule has 0 bridgehead atoms. The molecule has 0 aromatic heterocycles. The summed E-state index contributed by atoms with van der Waals surface area (Å²) >= 11 is 0. The fourth-order valence-electron chi connectivity index (χ4n) is 10.8. The Kier molecular flexibility index (Phi) is 24.2. The molecule has 80 heavy (non-hydrogen) atoms. The molecule has 0 unspecified atom stereocenters. The average Bonchev–Trinajstić information content (AvgIpc) is 4.10. The van der Waals surface area contributed by atoms with Gasteiger partial charge in [0.05, 0.1) is 75.7 Å². The molecule has 5 rings (SSSR count). The number of methoxy groups -OCH3 is 1. The van der Waals surface area contributed by atoms with Crippen LogP contribution in [0.25, 0.3) is 0 Å². The van der Waals surface area contributed by atoms with Crippen LogP contribution in [0.5, 0.6) is 0 Å². The second-order valence-corrected chi connectivity index (χ2v) is 24.1. The molecular weight excluding hydrogens is 1020 g/mol. The summed E-state index contributed by atoms with van der Waals surface area (Å²) in [6.45, 7) is 19.7. The van der Waals surface area contributed by atoms with Crippen LogP contribution in [0.3, 0.4) is 0 Å². The van der Waals surface area contributed by atoms with E-state index < -0.39 is 65.6 Å². The Bertz CT molecular complexity index is 2410. The standard InChI is InChI=1S/C62H92N4O14/c1-12-50(69)43(6)58-52(78-58)38-61(8,76)28-16-17-41(4)57-42(5)19-24-53(62(9,77-11)29-27-48(68)37-56(73)80-57)79-60(75)64-31-33-66(10,34-32-64)39-46-22-20-45(21-23-46)35-51(70)44(7)63-59(74)49(40(2)3)36-47(67)18-14-13-15-30-65-54(71)25-26-55(65)72/h16-17,19-26,28,40,42-44,48-50,52-53,57-58,68-69,76H,12-15,18,27,29-39H2,1-11H3/p+1/b24-19+,28-16+,41-17+/t42-,43+,44-,48+,49-,50-,52+,53-,57+,58+,61-,62+/m0/s1. The van der Waals surface area contributed by atoms with Gasteiger partial charge in [-0.25, -0.2) is 4.79 Å². The minimum absolute atomic E-state index is 0.0396. The Hall–Kier alpha value is -5.37. The fraction of sp³-hybridized carbons (Fsp3) is 0.661. The third kappa shape index (κ3) is 19.4. The summed E-state index contributed by atoms with van der Waals surface area (Å²) in [6, 6.07) is 7.11. The predicted octanol–water partition coefficient (Wildman–Crippen LogP) is 6.66. The van der Waals surface area contributed by atoms with Crippen molar-refractivity contribution in [2.24, 2.45) is 23.7 Å². The van der Waals surface area contributed by atoms with E-state index in [-0.39, 0.29) is 91.9 Å². The Morgan fingerprint density at radius 1 is 0.988 bits per heavy atom. The van der Waals surface area contributed by atoms with Crippen LogP contribution >= 0.6 is 0 Å². The molecule has 1 aromatic carbocycles. The van der Waals surface area contributed by atoms with Gasteiger partial charge in [-0.1, -0.05) is 89.6 Å². The molecule has 0 saturated carbocycles. The number of quaternary nitrogens is 1. The Morgan fingerprint density at radius 2 is 1.64 bits per heavy atom. The highest BCUT2D eigenvalue weighted by Gasteiger charge is 2.47. The number of carbonyl (C=O) groups is 7. The van der Waals surface area contributed by atoms with Crippen LogP contribution in [-0.4, -0.2) is 172 Å². The Labute approximate surface area is 474 Å². The Balaban J connectivity index is 1.11. The second-order valence-electron chi connectivity index (χ2n) is 24.1. The summed E-state index contributed by atoms with van der Waals surface area (Å²) in [7, 11) is 3.68.